The Bertz CT molecular complexity index is 1370. The maximum atomic E-state index is 12.5. The van der Waals surface area contributed by atoms with E-state index in [1.807, 2.05) is 28.8 Å². The largest absolute Gasteiger partial charge is 0.493 e. The van der Waals surface area contributed by atoms with Gasteiger partial charge in [0, 0.05) is 34.2 Å². The molecule has 2 aromatic carbocycles. The third-order valence-electron chi connectivity index (χ3n) is 5.08. The van der Waals surface area contributed by atoms with E-state index in [0.29, 0.717) is 38.8 Å². The molecule has 37 heavy (non-hydrogen) atoms. The maximum Gasteiger partial charge on any atom is 0.250 e. The summed E-state index contributed by atoms with van der Waals surface area (Å²) in [6, 6.07) is 14.4. The predicted molar refractivity (Wildman–Crippen MR) is 142 cm³/mol. The molecule has 0 saturated carbocycles. The summed E-state index contributed by atoms with van der Waals surface area (Å²) in [5.74, 6) is 1.80. The Morgan fingerprint density at radius 3 is 2.32 bits per heavy atom. The monoisotopic (exact) mass is 538 g/mol. The minimum Gasteiger partial charge on any atom is -0.493 e. The van der Waals surface area contributed by atoms with Crippen LogP contribution in [-0.2, 0) is 4.79 Å². The molecule has 0 radical (unpaired) electrons. The Labute approximate surface area is 222 Å². The van der Waals surface area contributed by atoms with E-state index < -0.39 is 0 Å². The highest BCUT2D eigenvalue weighted by Gasteiger charge is 2.17. The van der Waals surface area contributed by atoms with Crippen LogP contribution in [0.4, 0.5) is 0 Å². The number of aromatic nitrogens is 4. The molecule has 10 nitrogen and oxygen atoms in total. The van der Waals surface area contributed by atoms with Gasteiger partial charge in [-0.2, -0.15) is 5.10 Å². The van der Waals surface area contributed by atoms with E-state index in [4.69, 9.17) is 25.8 Å². The van der Waals surface area contributed by atoms with Crippen molar-refractivity contribution < 1.29 is 19.0 Å². The number of ether oxygens (including phenoxy) is 3. The van der Waals surface area contributed by atoms with Crippen LogP contribution in [0.5, 0.6) is 17.2 Å². The summed E-state index contributed by atoms with van der Waals surface area (Å²) in [6.07, 6.45) is 4.86. The molecule has 0 saturated heterocycles. The van der Waals surface area contributed by atoms with Crippen LogP contribution < -0.4 is 19.6 Å². The summed E-state index contributed by atoms with van der Waals surface area (Å²) in [6.45, 7) is 0. The first kappa shape index (κ1) is 26.0. The van der Waals surface area contributed by atoms with Crippen molar-refractivity contribution in [2.45, 2.75) is 5.16 Å². The molecular weight excluding hydrogens is 516 g/mol. The van der Waals surface area contributed by atoms with Crippen molar-refractivity contribution in [1.29, 1.82) is 0 Å². The average Bonchev–Trinajstić information content (AvgIpc) is 3.36. The second kappa shape index (κ2) is 12.2. The Kier molecular flexibility index (Phi) is 8.60. The zero-order valence-corrected chi connectivity index (χ0v) is 21.8. The van der Waals surface area contributed by atoms with E-state index in [1.54, 1.807) is 36.7 Å². The van der Waals surface area contributed by atoms with Gasteiger partial charge in [0.05, 0.1) is 33.3 Å². The summed E-state index contributed by atoms with van der Waals surface area (Å²) in [4.78, 5) is 16.6. The molecule has 0 aliphatic heterocycles. The lowest BCUT2D eigenvalue weighted by Crippen LogP contribution is -2.20. The lowest BCUT2D eigenvalue weighted by molar-refractivity contribution is -0.118. The summed E-state index contributed by atoms with van der Waals surface area (Å²) >= 11 is 7.30. The van der Waals surface area contributed by atoms with Gasteiger partial charge in [0.25, 0.3) is 5.91 Å². The second-order valence-electron chi connectivity index (χ2n) is 7.39. The van der Waals surface area contributed by atoms with E-state index in [1.165, 1.54) is 39.3 Å². The van der Waals surface area contributed by atoms with Crippen molar-refractivity contribution in [3.05, 3.63) is 71.5 Å². The number of halogens is 1. The molecule has 0 bridgehead atoms. The lowest BCUT2D eigenvalue weighted by atomic mass is 10.2. The number of pyridine rings is 1. The van der Waals surface area contributed by atoms with Crippen LogP contribution in [0.25, 0.3) is 17.1 Å². The number of nitrogens with one attached hydrogen (secondary N) is 1. The van der Waals surface area contributed by atoms with Gasteiger partial charge in [-0.1, -0.05) is 23.4 Å². The number of benzene rings is 2. The van der Waals surface area contributed by atoms with Gasteiger partial charge < -0.3 is 14.2 Å². The number of hydrogen-bond acceptors (Lipinski definition) is 9. The minimum atomic E-state index is -0.315. The fourth-order valence-corrected chi connectivity index (χ4v) is 4.26. The predicted octanol–water partition coefficient (Wildman–Crippen LogP) is 4.25. The molecule has 0 aliphatic rings. The van der Waals surface area contributed by atoms with Crippen LogP contribution in [0.15, 0.2) is 71.2 Å². The molecule has 0 unspecified atom stereocenters. The number of nitrogens with zero attached hydrogens (tertiary/aromatic N) is 5. The van der Waals surface area contributed by atoms with Crippen molar-refractivity contribution in [3.8, 4) is 34.3 Å². The molecule has 2 aromatic heterocycles. The van der Waals surface area contributed by atoms with Crippen molar-refractivity contribution in [3.63, 3.8) is 0 Å². The molecule has 12 heteroatoms. The quantitative estimate of drug-likeness (QED) is 0.181. The molecule has 0 fully saturated rings. The topological polar surface area (TPSA) is 113 Å². The smallest absolute Gasteiger partial charge is 0.250 e. The number of rotatable bonds is 10. The fraction of sp³-hybridized carbons (Fsp3) is 0.160. The van der Waals surface area contributed by atoms with E-state index in [-0.39, 0.29) is 11.7 Å². The zero-order chi connectivity index (χ0) is 26.2. The van der Waals surface area contributed by atoms with Crippen LogP contribution in [0.3, 0.4) is 0 Å². The Balaban J connectivity index is 1.48. The number of thioether (sulfide) groups is 1. The molecule has 0 spiro atoms. The number of hydrazone groups is 1. The van der Waals surface area contributed by atoms with Gasteiger partial charge >= 0.3 is 0 Å². The highest BCUT2D eigenvalue weighted by molar-refractivity contribution is 7.99. The second-order valence-corrected chi connectivity index (χ2v) is 8.77. The van der Waals surface area contributed by atoms with Crippen molar-refractivity contribution in [1.82, 2.24) is 25.2 Å². The number of carbonyl (C=O) groups excluding carboxylic acids is 1. The van der Waals surface area contributed by atoms with Crippen LogP contribution >= 0.6 is 23.4 Å². The lowest BCUT2D eigenvalue weighted by Gasteiger charge is -2.12. The number of hydrogen-bond donors (Lipinski definition) is 1. The normalized spacial score (nSPS) is 10.9. The molecule has 1 N–H and O–H groups in total. The van der Waals surface area contributed by atoms with Gasteiger partial charge in [0.15, 0.2) is 22.5 Å². The summed E-state index contributed by atoms with van der Waals surface area (Å²) in [5, 5.41) is 13.9. The first-order valence-corrected chi connectivity index (χ1v) is 12.3. The third kappa shape index (κ3) is 6.19. The molecule has 2 heterocycles. The van der Waals surface area contributed by atoms with Gasteiger partial charge in [0.1, 0.15) is 0 Å². The van der Waals surface area contributed by atoms with Crippen LogP contribution in [0, 0.1) is 0 Å². The zero-order valence-electron chi connectivity index (χ0n) is 20.2. The van der Waals surface area contributed by atoms with Gasteiger partial charge in [-0.25, -0.2) is 5.43 Å². The molecule has 0 aliphatic carbocycles. The molecular formula is C25H23ClN6O4S. The Hall–Kier alpha value is -4.09. The van der Waals surface area contributed by atoms with E-state index >= 15 is 0 Å². The maximum absolute atomic E-state index is 12.5. The number of methoxy groups -OCH3 is 3. The first-order chi connectivity index (χ1) is 18.0. The number of amides is 1. The summed E-state index contributed by atoms with van der Waals surface area (Å²) < 4.78 is 17.9. The van der Waals surface area contributed by atoms with Crippen LogP contribution in [0.1, 0.15) is 5.56 Å². The van der Waals surface area contributed by atoms with E-state index in [9.17, 15) is 4.79 Å². The molecule has 4 rings (SSSR count). The van der Waals surface area contributed by atoms with Gasteiger partial charge in [-0.3, -0.25) is 14.3 Å². The van der Waals surface area contributed by atoms with E-state index in [2.05, 4.69) is 25.7 Å². The average molecular weight is 539 g/mol. The highest BCUT2D eigenvalue weighted by atomic mass is 35.5. The molecule has 1 amide bonds. The third-order valence-corrected chi connectivity index (χ3v) is 6.26. The molecule has 190 valence electrons. The standard InChI is InChI=1S/C25H23ClN6O4S/c1-34-20-12-16(13-21(35-2)23(20)36-3)14-28-29-22(33)15-37-25-31-30-24(17-8-10-27-11-9-17)32(25)19-6-4-18(26)5-7-19/h4-14H,15H2,1-3H3,(H,29,33). The van der Waals surface area contributed by atoms with Crippen LogP contribution in [0.2, 0.25) is 5.02 Å². The number of carbonyl (C=O) groups is 1. The van der Waals surface area contributed by atoms with Crippen molar-refractivity contribution in [2.24, 2.45) is 5.10 Å². The Morgan fingerprint density at radius 2 is 1.70 bits per heavy atom. The summed E-state index contributed by atoms with van der Waals surface area (Å²) in [5.41, 5.74) is 4.83. The Morgan fingerprint density at radius 1 is 1.03 bits per heavy atom. The van der Waals surface area contributed by atoms with Gasteiger partial charge in [0.2, 0.25) is 5.75 Å². The summed E-state index contributed by atoms with van der Waals surface area (Å²) in [7, 11) is 4.58. The fourth-order valence-electron chi connectivity index (χ4n) is 3.39. The molecule has 0 atom stereocenters. The van der Waals surface area contributed by atoms with Crippen molar-refractivity contribution in [2.75, 3.05) is 27.1 Å². The van der Waals surface area contributed by atoms with E-state index in [0.717, 1.165) is 11.3 Å². The van der Waals surface area contributed by atoms with Crippen LogP contribution in [-0.4, -0.2) is 59.0 Å². The minimum absolute atomic E-state index is 0.0641. The molecule has 4 aromatic rings. The highest BCUT2D eigenvalue weighted by Crippen LogP contribution is 2.37. The van der Waals surface area contributed by atoms with Gasteiger partial charge in [-0.15, -0.1) is 10.2 Å². The van der Waals surface area contributed by atoms with Crippen molar-refractivity contribution >= 4 is 35.5 Å². The SMILES string of the molecule is COc1cc(C=NNC(=O)CSc2nnc(-c3ccncc3)n2-c2ccc(Cl)cc2)cc(OC)c1OC. The van der Waals surface area contributed by atoms with Gasteiger partial charge in [-0.05, 0) is 48.5 Å². The first-order valence-electron chi connectivity index (χ1n) is 10.9.